The number of nitrogens with one attached hydrogen (secondary N) is 1. The zero-order chi connectivity index (χ0) is 12.7. The van der Waals surface area contributed by atoms with E-state index in [1.807, 2.05) is 0 Å². The molecule has 1 N–H and O–H groups in total. The molecular weight excluding hydrogens is 230 g/mol. The van der Waals surface area contributed by atoms with Crippen molar-refractivity contribution >= 4 is 10.8 Å². The average molecular weight is 251 g/mol. The molecule has 0 bridgehead atoms. The van der Waals surface area contributed by atoms with Crippen LogP contribution in [0.1, 0.15) is 31.2 Å². The van der Waals surface area contributed by atoms with Gasteiger partial charge in [0.1, 0.15) is 0 Å². The highest BCUT2D eigenvalue weighted by Gasteiger charge is 2.40. The maximum absolute atomic E-state index is 3.85. The van der Waals surface area contributed by atoms with Gasteiger partial charge in [-0.15, -0.1) is 0 Å². The highest BCUT2D eigenvalue weighted by atomic mass is 14.9. The molecule has 2 aromatic carbocycles. The summed E-state index contributed by atoms with van der Waals surface area (Å²) in [7, 11) is 0. The van der Waals surface area contributed by atoms with Gasteiger partial charge < -0.3 is 5.32 Å². The molecule has 0 unspecified atom stereocenters. The van der Waals surface area contributed by atoms with E-state index in [1.54, 1.807) is 0 Å². The van der Waals surface area contributed by atoms with Gasteiger partial charge in [-0.2, -0.15) is 0 Å². The van der Waals surface area contributed by atoms with E-state index in [-0.39, 0.29) is 0 Å². The monoisotopic (exact) mass is 251 g/mol. The largest absolute Gasteiger partial charge is 0.309 e. The van der Waals surface area contributed by atoms with Gasteiger partial charge in [0, 0.05) is 12.6 Å². The summed E-state index contributed by atoms with van der Waals surface area (Å²) in [5.41, 5.74) is 1.45. The number of hydrogen-bond acceptors (Lipinski definition) is 1. The van der Waals surface area contributed by atoms with Gasteiger partial charge in [0.05, 0.1) is 0 Å². The predicted octanol–water partition coefficient (Wildman–Crippen LogP) is 4.12. The first-order chi connectivity index (χ1) is 9.42. The molecule has 0 aliphatic heterocycles. The Morgan fingerprint density at radius 1 is 0.895 bits per heavy atom. The molecule has 2 aliphatic carbocycles. The second-order valence-electron chi connectivity index (χ2n) is 6.22. The summed E-state index contributed by atoms with van der Waals surface area (Å²) in [5, 5.41) is 6.62. The molecule has 0 spiro atoms. The normalized spacial score (nSPS) is 19.2. The summed E-state index contributed by atoms with van der Waals surface area (Å²) in [6, 6.07) is 16.2. The summed E-state index contributed by atoms with van der Waals surface area (Å²) >= 11 is 0. The smallest absolute Gasteiger partial charge is 0.0214 e. The van der Waals surface area contributed by atoms with Crippen LogP contribution in [0.3, 0.4) is 0 Å². The van der Waals surface area contributed by atoms with Crippen LogP contribution in [-0.2, 0) is 6.54 Å². The topological polar surface area (TPSA) is 12.0 Å². The van der Waals surface area contributed by atoms with E-state index in [2.05, 4.69) is 47.8 Å². The van der Waals surface area contributed by atoms with Crippen molar-refractivity contribution in [2.24, 2.45) is 11.8 Å². The van der Waals surface area contributed by atoms with Gasteiger partial charge in [-0.1, -0.05) is 42.5 Å². The lowest BCUT2D eigenvalue weighted by Gasteiger charge is -2.18. The van der Waals surface area contributed by atoms with Crippen LogP contribution < -0.4 is 5.32 Å². The van der Waals surface area contributed by atoms with Crippen LogP contribution in [0.4, 0.5) is 0 Å². The van der Waals surface area contributed by atoms with Crippen LogP contribution in [0.25, 0.3) is 10.8 Å². The van der Waals surface area contributed by atoms with Crippen molar-refractivity contribution in [1.29, 1.82) is 0 Å². The Morgan fingerprint density at radius 2 is 1.58 bits per heavy atom. The molecule has 1 nitrogen and oxygen atoms in total. The lowest BCUT2D eigenvalue weighted by atomic mass is 10.0. The summed E-state index contributed by atoms with van der Waals surface area (Å²) in [4.78, 5) is 0. The van der Waals surface area contributed by atoms with Gasteiger partial charge in [-0.25, -0.2) is 0 Å². The molecule has 2 aliphatic rings. The summed E-state index contributed by atoms with van der Waals surface area (Å²) in [6.07, 6.45) is 5.79. The molecule has 19 heavy (non-hydrogen) atoms. The maximum atomic E-state index is 3.85. The van der Waals surface area contributed by atoms with E-state index < -0.39 is 0 Å². The fraction of sp³-hybridized carbons (Fsp3) is 0.444. The summed E-state index contributed by atoms with van der Waals surface area (Å²) in [5.74, 6) is 1.95. The van der Waals surface area contributed by atoms with Gasteiger partial charge in [-0.3, -0.25) is 0 Å². The fourth-order valence-corrected chi connectivity index (χ4v) is 3.30. The maximum Gasteiger partial charge on any atom is 0.0214 e. The van der Waals surface area contributed by atoms with E-state index >= 15 is 0 Å². The first-order valence-electron chi connectivity index (χ1n) is 7.62. The molecule has 98 valence electrons. The first-order valence-corrected chi connectivity index (χ1v) is 7.62. The quantitative estimate of drug-likeness (QED) is 0.843. The predicted molar refractivity (Wildman–Crippen MR) is 80.0 cm³/mol. The zero-order valence-corrected chi connectivity index (χ0v) is 11.3. The van der Waals surface area contributed by atoms with E-state index in [1.165, 1.54) is 42.0 Å². The van der Waals surface area contributed by atoms with Crippen molar-refractivity contribution in [3.8, 4) is 0 Å². The van der Waals surface area contributed by atoms with Crippen molar-refractivity contribution < 1.29 is 0 Å². The Kier molecular flexibility index (Phi) is 2.81. The third-order valence-electron chi connectivity index (χ3n) is 4.67. The van der Waals surface area contributed by atoms with E-state index in [0.717, 1.165) is 24.4 Å². The Bertz CT molecular complexity index is 564. The molecule has 0 saturated heterocycles. The number of hydrogen-bond donors (Lipinski definition) is 1. The van der Waals surface area contributed by atoms with Crippen LogP contribution in [0, 0.1) is 11.8 Å². The SMILES string of the molecule is c1ccc2c(CNC(C3CC3)C3CC3)cccc2c1. The molecule has 1 heteroatoms. The van der Waals surface area contributed by atoms with Crippen molar-refractivity contribution in [3.63, 3.8) is 0 Å². The zero-order valence-electron chi connectivity index (χ0n) is 11.3. The lowest BCUT2D eigenvalue weighted by molar-refractivity contribution is 0.416. The third kappa shape index (κ3) is 2.40. The number of fused-ring (bicyclic) bond motifs is 1. The summed E-state index contributed by atoms with van der Waals surface area (Å²) in [6.45, 7) is 1.03. The van der Waals surface area contributed by atoms with E-state index in [4.69, 9.17) is 0 Å². The molecule has 0 aromatic heterocycles. The van der Waals surface area contributed by atoms with Gasteiger partial charge in [0.15, 0.2) is 0 Å². The van der Waals surface area contributed by atoms with Crippen LogP contribution >= 0.6 is 0 Å². The van der Waals surface area contributed by atoms with Crippen molar-refractivity contribution in [1.82, 2.24) is 5.32 Å². The number of benzene rings is 2. The van der Waals surface area contributed by atoms with E-state index in [9.17, 15) is 0 Å². The van der Waals surface area contributed by atoms with Gasteiger partial charge in [0.25, 0.3) is 0 Å². The van der Waals surface area contributed by atoms with Crippen LogP contribution in [0.5, 0.6) is 0 Å². The van der Waals surface area contributed by atoms with Crippen LogP contribution in [0.15, 0.2) is 42.5 Å². The van der Waals surface area contributed by atoms with Crippen LogP contribution in [-0.4, -0.2) is 6.04 Å². The average Bonchev–Trinajstić information content (AvgIpc) is 3.33. The molecule has 2 saturated carbocycles. The highest BCUT2D eigenvalue weighted by Crippen LogP contribution is 2.44. The molecule has 2 aromatic rings. The highest BCUT2D eigenvalue weighted by molar-refractivity contribution is 5.85. The molecule has 4 rings (SSSR count). The van der Waals surface area contributed by atoms with Gasteiger partial charge in [-0.05, 0) is 53.9 Å². The van der Waals surface area contributed by atoms with Crippen molar-refractivity contribution in [3.05, 3.63) is 48.0 Å². The van der Waals surface area contributed by atoms with Crippen molar-refractivity contribution in [2.75, 3.05) is 0 Å². The number of rotatable bonds is 5. The minimum atomic E-state index is 0.791. The third-order valence-corrected chi connectivity index (χ3v) is 4.67. The van der Waals surface area contributed by atoms with Gasteiger partial charge in [0.2, 0.25) is 0 Å². The van der Waals surface area contributed by atoms with Crippen LogP contribution in [0.2, 0.25) is 0 Å². The van der Waals surface area contributed by atoms with Crippen molar-refractivity contribution in [2.45, 2.75) is 38.3 Å². The second kappa shape index (κ2) is 4.64. The Hall–Kier alpha value is -1.34. The second-order valence-corrected chi connectivity index (χ2v) is 6.22. The van der Waals surface area contributed by atoms with E-state index in [0.29, 0.717) is 0 Å². The summed E-state index contributed by atoms with van der Waals surface area (Å²) < 4.78 is 0. The molecular formula is C18H21N. The minimum absolute atomic E-state index is 0.791. The Balaban J connectivity index is 1.54. The first kappa shape index (κ1) is 11.5. The van der Waals surface area contributed by atoms with Gasteiger partial charge >= 0.3 is 0 Å². The Morgan fingerprint density at radius 3 is 2.32 bits per heavy atom. The minimum Gasteiger partial charge on any atom is -0.309 e. The Labute approximate surface area is 115 Å². The molecule has 2 fully saturated rings. The molecule has 0 radical (unpaired) electrons. The lowest BCUT2D eigenvalue weighted by Crippen LogP contribution is -2.32. The molecule has 0 amide bonds. The molecule has 0 atom stereocenters. The fourth-order valence-electron chi connectivity index (χ4n) is 3.30. The molecule has 0 heterocycles. The standard InChI is InChI=1S/C18H21N/c1-2-7-17-13(4-1)5-3-6-16(17)12-19-18(14-8-9-14)15-10-11-15/h1-7,14-15,18-19H,8-12H2.